The minimum atomic E-state index is -2.97. The molecule has 0 saturated carbocycles. The van der Waals surface area contributed by atoms with Gasteiger partial charge in [0.2, 0.25) is 0 Å². The highest BCUT2D eigenvalue weighted by Crippen LogP contribution is 2.53. The van der Waals surface area contributed by atoms with E-state index in [0.29, 0.717) is 16.9 Å². The summed E-state index contributed by atoms with van der Waals surface area (Å²) in [7, 11) is -2.97. The highest BCUT2D eigenvalue weighted by molar-refractivity contribution is 9.10. The topological polar surface area (TPSA) is 107 Å². The van der Waals surface area contributed by atoms with Gasteiger partial charge in [-0.15, -0.1) is 10.8 Å². The number of carbonyl (C=O) groups is 1. The second-order valence-electron chi connectivity index (χ2n) is 4.80. The summed E-state index contributed by atoms with van der Waals surface area (Å²) >= 11 is 9.25. The van der Waals surface area contributed by atoms with Crippen molar-refractivity contribution in [3.8, 4) is 0 Å². The molecule has 2 amide bonds. The summed E-state index contributed by atoms with van der Waals surface area (Å²) in [4.78, 5) is 16.2. The molecule has 1 aliphatic heterocycles. The zero-order chi connectivity index (χ0) is 16.6. The van der Waals surface area contributed by atoms with E-state index in [1.165, 1.54) is 6.07 Å². The molecular weight excluding hydrogens is 408 g/mol. The number of nitrogens with one attached hydrogen (secondary N) is 3. The number of rotatable bonds is 2. The Labute approximate surface area is 147 Å². The minimum Gasteiger partial charge on any atom is -0.307 e. The monoisotopic (exact) mass is 418 g/mol. The summed E-state index contributed by atoms with van der Waals surface area (Å²) in [6.07, 6.45) is 0. The molecule has 1 aromatic heterocycles. The third kappa shape index (κ3) is 3.70. The molecule has 0 saturated heterocycles. The molecule has 1 aliphatic rings. The largest absolute Gasteiger partial charge is 0.324 e. The Kier molecular flexibility index (Phi) is 4.39. The predicted octanol–water partition coefficient (Wildman–Crippen LogP) is 4.73. The molecule has 0 unspecified atom stereocenters. The first-order valence-electron chi connectivity index (χ1n) is 6.40. The van der Waals surface area contributed by atoms with Crippen LogP contribution >= 0.6 is 38.3 Å². The van der Waals surface area contributed by atoms with Crippen molar-refractivity contribution >= 4 is 61.5 Å². The van der Waals surface area contributed by atoms with Crippen molar-refractivity contribution in [2.24, 2.45) is 0 Å². The van der Waals surface area contributed by atoms with Gasteiger partial charge < -0.3 is 5.32 Å². The molecule has 0 aliphatic carbocycles. The molecule has 2 heterocycles. The van der Waals surface area contributed by atoms with Crippen molar-refractivity contribution in [2.45, 2.75) is 5.75 Å². The van der Waals surface area contributed by atoms with Crippen LogP contribution in [-0.2, 0) is 5.75 Å². The van der Waals surface area contributed by atoms with Crippen LogP contribution in [0.5, 0.6) is 0 Å². The fraction of sp³-hybridized carbons (Fsp3) is 0.0769. The number of amides is 2. The fourth-order valence-electron chi connectivity index (χ4n) is 2.12. The summed E-state index contributed by atoms with van der Waals surface area (Å²) < 4.78 is 22.8. The first kappa shape index (κ1) is 16.3. The third-order valence-corrected chi connectivity index (χ3v) is 5.18. The van der Waals surface area contributed by atoms with Crippen LogP contribution in [0.4, 0.5) is 22.0 Å². The lowest BCUT2D eigenvalue weighted by atomic mass is 10.2. The molecule has 23 heavy (non-hydrogen) atoms. The van der Waals surface area contributed by atoms with Gasteiger partial charge in [0, 0.05) is 10.0 Å². The summed E-state index contributed by atoms with van der Waals surface area (Å²) in [5.74, 6) is 0.153. The highest BCUT2D eigenvalue weighted by Gasteiger charge is 2.28. The van der Waals surface area contributed by atoms with Crippen LogP contribution < -0.4 is 15.4 Å². The molecule has 0 fully saturated rings. The number of benzene rings is 1. The van der Waals surface area contributed by atoms with Crippen LogP contribution in [0.15, 0.2) is 34.8 Å². The molecular formula is C13H12BrClN4O3S. The van der Waals surface area contributed by atoms with Crippen molar-refractivity contribution < 1.29 is 13.9 Å². The van der Waals surface area contributed by atoms with Gasteiger partial charge in [0.1, 0.15) is 10.8 Å². The number of anilines is 3. The number of nitrogens with zero attached hydrogens (tertiary/aromatic N) is 1. The quantitative estimate of drug-likeness (QED) is 0.452. The lowest BCUT2D eigenvalue weighted by Crippen LogP contribution is -2.21. The second kappa shape index (κ2) is 6.17. The van der Waals surface area contributed by atoms with E-state index in [0.717, 1.165) is 4.47 Å². The number of hydrogen-bond acceptors (Lipinski definition) is 5. The number of urea groups is 1. The van der Waals surface area contributed by atoms with E-state index in [2.05, 4.69) is 36.3 Å². The van der Waals surface area contributed by atoms with Gasteiger partial charge in [-0.05, 0) is 34.1 Å². The summed E-state index contributed by atoms with van der Waals surface area (Å²) in [5.41, 5.74) is 1.53. The first-order valence-corrected chi connectivity index (χ1v) is 9.28. The smallest absolute Gasteiger partial charge is 0.307 e. The molecule has 0 radical (unpaired) electrons. The Morgan fingerprint density at radius 1 is 1.35 bits per heavy atom. The van der Waals surface area contributed by atoms with Gasteiger partial charge in [-0.2, -0.15) is 0 Å². The van der Waals surface area contributed by atoms with Gasteiger partial charge in [0.15, 0.2) is 5.82 Å². The zero-order valence-corrected chi connectivity index (χ0v) is 14.7. The third-order valence-electron chi connectivity index (χ3n) is 3.05. The van der Waals surface area contributed by atoms with E-state index in [1.54, 1.807) is 18.2 Å². The van der Waals surface area contributed by atoms with Crippen molar-refractivity contribution in [3.63, 3.8) is 0 Å². The SMILES string of the molecule is O=C(Nc1ccccc1Br)Nc1nc(Cl)cc2c1NS(O)(O)C2. The van der Waals surface area contributed by atoms with Gasteiger partial charge in [0.05, 0.1) is 11.4 Å². The number of halogens is 2. The Morgan fingerprint density at radius 2 is 2.09 bits per heavy atom. The average Bonchev–Trinajstić information content (AvgIpc) is 2.75. The van der Waals surface area contributed by atoms with E-state index in [9.17, 15) is 13.9 Å². The predicted molar refractivity (Wildman–Crippen MR) is 96.2 cm³/mol. The van der Waals surface area contributed by atoms with Crippen LogP contribution in [0.2, 0.25) is 5.15 Å². The van der Waals surface area contributed by atoms with Gasteiger partial charge in [-0.3, -0.25) is 19.1 Å². The first-order chi connectivity index (χ1) is 10.8. The number of aromatic nitrogens is 1. The maximum absolute atomic E-state index is 12.1. The van der Waals surface area contributed by atoms with Gasteiger partial charge in [-0.1, -0.05) is 23.7 Å². The molecule has 3 rings (SSSR count). The van der Waals surface area contributed by atoms with Gasteiger partial charge in [0.25, 0.3) is 0 Å². The normalized spacial score (nSPS) is 16.2. The van der Waals surface area contributed by atoms with E-state index in [1.807, 2.05) is 6.07 Å². The lowest BCUT2D eigenvalue weighted by Gasteiger charge is -2.26. The number of fused-ring (bicyclic) bond motifs is 1. The molecule has 0 spiro atoms. The van der Waals surface area contributed by atoms with E-state index >= 15 is 0 Å². The van der Waals surface area contributed by atoms with Gasteiger partial charge >= 0.3 is 6.03 Å². The average molecular weight is 420 g/mol. The van der Waals surface area contributed by atoms with Crippen LogP contribution in [0.3, 0.4) is 0 Å². The molecule has 7 nitrogen and oxygen atoms in total. The summed E-state index contributed by atoms with van der Waals surface area (Å²) in [6, 6.07) is 8.14. The van der Waals surface area contributed by atoms with E-state index in [4.69, 9.17) is 11.6 Å². The number of pyridine rings is 1. The van der Waals surface area contributed by atoms with Crippen LogP contribution in [0.25, 0.3) is 0 Å². The maximum Gasteiger partial charge on any atom is 0.324 e. The maximum atomic E-state index is 12.1. The summed E-state index contributed by atoms with van der Waals surface area (Å²) in [6.45, 7) is 0. The Bertz CT molecular complexity index is 790. The second-order valence-corrected chi connectivity index (χ2v) is 7.87. The molecule has 5 N–H and O–H groups in total. The number of para-hydroxylation sites is 1. The molecule has 2 aromatic rings. The lowest BCUT2D eigenvalue weighted by molar-refractivity contribution is 0.262. The van der Waals surface area contributed by atoms with Crippen molar-refractivity contribution in [1.29, 1.82) is 0 Å². The number of carbonyl (C=O) groups excluding carboxylic acids is 1. The summed E-state index contributed by atoms with van der Waals surface area (Å²) in [5, 5.41) is 5.37. The van der Waals surface area contributed by atoms with Crippen LogP contribution in [-0.4, -0.2) is 20.1 Å². The molecule has 0 bridgehead atoms. The minimum absolute atomic E-state index is 0.0190. The fourth-order valence-corrected chi connectivity index (χ4v) is 4.01. The zero-order valence-electron chi connectivity index (χ0n) is 11.5. The molecule has 1 aromatic carbocycles. The van der Waals surface area contributed by atoms with E-state index in [-0.39, 0.29) is 16.7 Å². The highest BCUT2D eigenvalue weighted by atomic mass is 79.9. The Morgan fingerprint density at radius 3 is 2.83 bits per heavy atom. The van der Waals surface area contributed by atoms with Crippen LogP contribution in [0, 0.1) is 0 Å². The van der Waals surface area contributed by atoms with Crippen molar-refractivity contribution in [2.75, 3.05) is 15.4 Å². The van der Waals surface area contributed by atoms with Crippen molar-refractivity contribution in [1.82, 2.24) is 4.98 Å². The number of hydrogen-bond donors (Lipinski definition) is 5. The Balaban J connectivity index is 1.81. The molecule has 0 atom stereocenters. The standard InChI is InChI=1S/C13H12BrClN4O3S/c14-8-3-1-2-4-9(8)16-13(20)18-12-11-7(5-10(15)17-12)6-23(21,22)19-11/h1-5,19,21-22H,6H2,(H2,16,17,18,20). The van der Waals surface area contributed by atoms with Crippen molar-refractivity contribution in [3.05, 3.63) is 45.5 Å². The van der Waals surface area contributed by atoms with Crippen LogP contribution in [0.1, 0.15) is 5.56 Å². The Hall–Kier alpha value is -1.52. The van der Waals surface area contributed by atoms with Gasteiger partial charge in [-0.25, -0.2) is 9.78 Å². The molecule has 10 heteroatoms. The van der Waals surface area contributed by atoms with E-state index < -0.39 is 16.8 Å². The molecule has 122 valence electrons.